The summed E-state index contributed by atoms with van der Waals surface area (Å²) in [5, 5.41) is 10.3. The molecule has 170 valence electrons. The van der Waals surface area contributed by atoms with Crippen molar-refractivity contribution in [2.75, 3.05) is 13.2 Å². The van der Waals surface area contributed by atoms with E-state index in [4.69, 9.17) is 4.74 Å². The second kappa shape index (κ2) is 8.27. The van der Waals surface area contributed by atoms with Crippen molar-refractivity contribution in [2.45, 2.75) is 58.4 Å². The number of likely N-dealkylation sites (N-methyl/N-ethyl adjacent to an activating group) is 1. The summed E-state index contributed by atoms with van der Waals surface area (Å²) in [6.45, 7) is 8.61. The summed E-state index contributed by atoms with van der Waals surface area (Å²) in [5.74, 6) is -1.14. The maximum absolute atomic E-state index is 13.3. The van der Waals surface area contributed by atoms with Gasteiger partial charge in [0.15, 0.2) is 0 Å². The summed E-state index contributed by atoms with van der Waals surface area (Å²) >= 11 is 0. The Bertz CT molecular complexity index is 984. The lowest BCUT2D eigenvalue weighted by Crippen LogP contribution is -2.63. The lowest BCUT2D eigenvalue weighted by Gasteiger charge is -2.50. The molecular formula is C27H33NO4. The van der Waals surface area contributed by atoms with Crippen LogP contribution in [0.1, 0.15) is 64.0 Å². The maximum atomic E-state index is 13.3. The number of rotatable bonds is 5. The third kappa shape index (κ3) is 3.58. The van der Waals surface area contributed by atoms with Gasteiger partial charge in [0, 0.05) is 12.5 Å². The number of fused-ring (bicyclic) bond motifs is 3. The average Bonchev–Trinajstić information content (AvgIpc) is 3.07. The quantitative estimate of drug-likeness (QED) is 0.632. The molecule has 1 amide bonds. The Kier molecular flexibility index (Phi) is 5.78. The monoisotopic (exact) mass is 435 g/mol. The highest BCUT2D eigenvalue weighted by Crippen LogP contribution is 2.48. The van der Waals surface area contributed by atoms with Crippen molar-refractivity contribution in [3.05, 3.63) is 59.7 Å². The fourth-order valence-electron chi connectivity index (χ4n) is 5.96. The first kappa shape index (κ1) is 22.4. The van der Waals surface area contributed by atoms with E-state index >= 15 is 0 Å². The van der Waals surface area contributed by atoms with Crippen LogP contribution in [0.25, 0.3) is 11.1 Å². The molecule has 32 heavy (non-hydrogen) atoms. The summed E-state index contributed by atoms with van der Waals surface area (Å²) in [5.41, 5.74) is 3.46. The van der Waals surface area contributed by atoms with Crippen molar-refractivity contribution >= 4 is 12.1 Å². The van der Waals surface area contributed by atoms with Gasteiger partial charge in [-0.3, -0.25) is 4.90 Å². The van der Waals surface area contributed by atoms with Crippen LogP contribution in [0.3, 0.4) is 0 Å². The molecule has 0 spiro atoms. The number of carboxylic acids is 1. The predicted molar refractivity (Wildman–Crippen MR) is 125 cm³/mol. The highest BCUT2D eigenvalue weighted by atomic mass is 16.6. The van der Waals surface area contributed by atoms with Crippen LogP contribution in [-0.4, -0.2) is 40.8 Å². The fourth-order valence-corrected chi connectivity index (χ4v) is 5.96. The summed E-state index contributed by atoms with van der Waals surface area (Å²) in [7, 11) is 0. The number of carboxylic acid groups (broad SMARTS) is 1. The number of nitrogens with zero attached hydrogens (tertiary/aromatic N) is 1. The Balaban J connectivity index is 1.57. The Morgan fingerprint density at radius 1 is 1.03 bits per heavy atom. The Morgan fingerprint density at radius 2 is 1.59 bits per heavy atom. The zero-order chi connectivity index (χ0) is 23.1. The van der Waals surface area contributed by atoms with Gasteiger partial charge >= 0.3 is 12.1 Å². The van der Waals surface area contributed by atoms with Crippen molar-refractivity contribution < 1.29 is 19.4 Å². The minimum atomic E-state index is -1.23. The first-order valence-corrected chi connectivity index (χ1v) is 11.6. The van der Waals surface area contributed by atoms with Crippen LogP contribution in [-0.2, 0) is 9.53 Å². The minimum Gasteiger partial charge on any atom is -0.479 e. The Hall–Kier alpha value is -2.82. The van der Waals surface area contributed by atoms with Gasteiger partial charge < -0.3 is 9.84 Å². The number of ether oxygens (including phenoxy) is 1. The number of aliphatic carboxylic acids is 1. The third-order valence-corrected chi connectivity index (χ3v) is 7.58. The van der Waals surface area contributed by atoms with E-state index in [2.05, 4.69) is 38.1 Å². The molecule has 2 aromatic rings. The third-order valence-electron chi connectivity index (χ3n) is 7.58. The van der Waals surface area contributed by atoms with Gasteiger partial charge in [-0.15, -0.1) is 0 Å². The number of hydrogen-bond donors (Lipinski definition) is 1. The molecular weight excluding hydrogens is 402 g/mol. The van der Waals surface area contributed by atoms with Crippen molar-refractivity contribution in [1.82, 2.24) is 4.90 Å². The number of carbonyl (C=O) groups is 2. The van der Waals surface area contributed by atoms with Crippen LogP contribution in [0, 0.1) is 11.3 Å². The van der Waals surface area contributed by atoms with Crippen LogP contribution >= 0.6 is 0 Å². The molecule has 0 aliphatic heterocycles. The SMILES string of the molecule is CCN(C(=O)OCC1c2ccccc2-c2ccccc21)C1(C(=O)O)CCC(C)(C)CC1C. The topological polar surface area (TPSA) is 66.8 Å². The maximum Gasteiger partial charge on any atom is 0.410 e. The molecule has 2 aromatic carbocycles. The van der Waals surface area contributed by atoms with Crippen molar-refractivity contribution in [2.24, 2.45) is 11.3 Å². The van der Waals surface area contributed by atoms with E-state index in [0.29, 0.717) is 13.0 Å². The summed E-state index contributed by atoms with van der Waals surface area (Å²) in [6, 6.07) is 16.4. The molecule has 1 N–H and O–H groups in total. The first-order chi connectivity index (χ1) is 15.2. The van der Waals surface area contributed by atoms with Gasteiger partial charge in [0.2, 0.25) is 0 Å². The predicted octanol–water partition coefficient (Wildman–Crippen LogP) is 5.93. The molecule has 2 atom stereocenters. The highest BCUT2D eigenvalue weighted by Gasteiger charge is 2.55. The molecule has 4 rings (SSSR count). The molecule has 2 aliphatic rings. The molecule has 2 aliphatic carbocycles. The number of amides is 1. The lowest BCUT2D eigenvalue weighted by molar-refractivity contribution is -0.159. The molecule has 1 fully saturated rings. The number of hydrogen-bond acceptors (Lipinski definition) is 3. The number of benzene rings is 2. The Morgan fingerprint density at radius 3 is 2.09 bits per heavy atom. The van der Waals surface area contributed by atoms with Gasteiger partial charge in [-0.2, -0.15) is 0 Å². The van der Waals surface area contributed by atoms with Gasteiger partial charge in [0.25, 0.3) is 0 Å². The van der Waals surface area contributed by atoms with Crippen LogP contribution in [0.15, 0.2) is 48.5 Å². The largest absolute Gasteiger partial charge is 0.479 e. The van der Waals surface area contributed by atoms with Gasteiger partial charge in [-0.05, 0) is 59.8 Å². The van der Waals surface area contributed by atoms with E-state index in [1.54, 1.807) is 0 Å². The first-order valence-electron chi connectivity index (χ1n) is 11.6. The summed E-state index contributed by atoms with van der Waals surface area (Å²) in [4.78, 5) is 27.3. The standard InChI is InChI=1S/C27H33NO4/c1-5-28(27(24(29)30)15-14-26(3,4)16-18(27)2)25(31)32-17-23-21-12-8-6-10-19(21)20-11-7-9-13-22(20)23/h6-13,18,23H,5,14-17H2,1-4H3,(H,29,30). The van der Waals surface area contributed by atoms with E-state index in [0.717, 1.165) is 24.0 Å². The second-order valence-corrected chi connectivity index (χ2v) is 10.0. The van der Waals surface area contributed by atoms with Crippen LogP contribution in [0.5, 0.6) is 0 Å². The van der Waals surface area contributed by atoms with Crippen LogP contribution in [0.2, 0.25) is 0 Å². The number of carbonyl (C=O) groups excluding carboxylic acids is 1. The average molecular weight is 436 g/mol. The summed E-state index contributed by atoms with van der Waals surface area (Å²) < 4.78 is 5.85. The summed E-state index contributed by atoms with van der Waals surface area (Å²) in [6.07, 6.45) is 1.42. The molecule has 0 radical (unpaired) electrons. The zero-order valence-corrected chi connectivity index (χ0v) is 19.4. The van der Waals surface area contributed by atoms with E-state index in [9.17, 15) is 14.7 Å². The van der Waals surface area contributed by atoms with Gasteiger partial charge in [0.05, 0.1) is 0 Å². The highest BCUT2D eigenvalue weighted by molar-refractivity contribution is 5.85. The van der Waals surface area contributed by atoms with Gasteiger partial charge in [-0.25, -0.2) is 9.59 Å². The molecule has 0 heterocycles. The molecule has 0 bridgehead atoms. The van der Waals surface area contributed by atoms with Crippen molar-refractivity contribution in [3.63, 3.8) is 0 Å². The Labute approximate surface area is 190 Å². The molecule has 0 aromatic heterocycles. The van der Waals surface area contributed by atoms with Gasteiger partial charge in [0.1, 0.15) is 12.1 Å². The second-order valence-electron chi connectivity index (χ2n) is 10.0. The molecule has 0 saturated heterocycles. The van der Waals surface area contributed by atoms with E-state index in [1.165, 1.54) is 16.0 Å². The van der Waals surface area contributed by atoms with Crippen LogP contribution in [0.4, 0.5) is 4.79 Å². The molecule has 2 unspecified atom stereocenters. The van der Waals surface area contributed by atoms with Crippen LogP contribution < -0.4 is 0 Å². The minimum absolute atomic E-state index is 0.0476. The van der Waals surface area contributed by atoms with Gasteiger partial charge in [-0.1, -0.05) is 69.3 Å². The fraction of sp³-hybridized carbons (Fsp3) is 0.481. The van der Waals surface area contributed by atoms with Crippen molar-refractivity contribution in [1.29, 1.82) is 0 Å². The lowest BCUT2D eigenvalue weighted by atomic mass is 9.63. The molecule has 1 saturated carbocycles. The zero-order valence-electron chi connectivity index (χ0n) is 19.4. The van der Waals surface area contributed by atoms with Crippen molar-refractivity contribution in [3.8, 4) is 11.1 Å². The van der Waals surface area contributed by atoms with E-state index in [1.807, 2.05) is 38.1 Å². The van der Waals surface area contributed by atoms with E-state index < -0.39 is 17.6 Å². The molecule has 5 heteroatoms. The molecule has 5 nitrogen and oxygen atoms in total. The smallest absolute Gasteiger partial charge is 0.410 e. The normalized spacial score (nSPS) is 23.8. The van der Waals surface area contributed by atoms with E-state index in [-0.39, 0.29) is 23.9 Å².